The summed E-state index contributed by atoms with van der Waals surface area (Å²) in [6, 6.07) is 7.75. The van der Waals surface area contributed by atoms with Gasteiger partial charge in [0.1, 0.15) is 0 Å². The van der Waals surface area contributed by atoms with Gasteiger partial charge in [0, 0.05) is 34.6 Å². The van der Waals surface area contributed by atoms with Crippen LogP contribution < -0.4 is 16.0 Å². The van der Waals surface area contributed by atoms with E-state index in [4.69, 9.17) is 12.2 Å². The van der Waals surface area contributed by atoms with Gasteiger partial charge in [0.05, 0.1) is 17.8 Å². The predicted molar refractivity (Wildman–Crippen MR) is 131 cm³/mol. The Bertz CT molecular complexity index is 1100. The lowest BCUT2D eigenvalue weighted by Gasteiger charge is -2.33. The lowest BCUT2D eigenvalue weighted by Crippen LogP contribution is -2.42. The molecule has 4 N–H and O–H groups in total. The van der Waals surface area contributed by atoms with Crippen LogP contribution in [0.3, 0.4) is 0 Å². The number of carbonyl (C=O) groups excluding carboxylic acids is 2. The van der Waals surface area contributed by atoms with Gasteiger partial charge in [-0.3, -0.25) is 9.59 Å². The molecule has 1 aromatic heterocycles. The summed E-state index contributed by atoms with van der Waals surface area (Å²) >= 11 is 0. The van der Waals surface area contributed by atoms with E-state index in [0.717, 1.165) is 53.9 Å². The highest BCUT2D eigenvalue weighted by atomic mass is 35.5. The molecule has 1 aliphatic carbocycles. The number of carbonyl (C=O) groups is 2. The molecule has 0 unspecified atom stereocenters. The van der Waals surface area contributed by atoms with Crippen molar-refractivity contribution in [1.82, 2.24) is 10.3 Å². The highest BCUT2D eigenvalue weighted by molar-refractivity contribution is 6.36. The van der Waals surface area contributed by atoms with Gasteiger partial charge in [-0.15, -0.1) is 18.8 Å². The van der Waals surface area contributed by atoms with Crippen LogP contribution in [0.25, 0.3) is 11.6 Å². The van der Waals surface area contributed by atoms with Crippen molar-refractivity contribution in [3.63, 3.8) is 0 Å². The third-order valence-electron chi connectivity index (χ3n) is 6.19. The molecule has 168 valence electrons. The van der Waals surface area contributed by atoms with Crippen LogP contribution in [0.1, 0.15) is 58.6 Å². The summed E-state index contributed by atoms with van der Waals surface area (Å²) in [6.45, 7) is 4.18. The number of benzene rings is 1. The number of rotatable bonds is 4. The van der Waals surface area contributed by atoms with E-state index in [0.29, 0.717) is 11.1 Å². The second-order valence-electron chi connectivity index (χ2n) is 8.47. The highest BCUT2D eigenvalue weighted by Gasteiger charge is 2.38. The van der Waals surface area contributed by atoms with Crippen LogP contribution in [0.5, 0.6) is 0 Å². The van der Waals surface area contributed by atoms with Crippen molar-refractivity contribution < 1.29 is 9.59 Å². The van der Waals surface area contributed by atoms with Gasteiger partial charge in [0.15, 0.2) is 0 Å². The standard InChI is InChI=1S/C25H28N4O2.ClH/c1-4-11-27-24(30)17-5-10-20-21(14-22-15(2)12-16(3)28-22)25(31)29(23(20)13-17)19-8-6-18(26)7-9-19;/h1,5,10,12-14,18-19,28H,6-9,11,26H2,2-3H3,(H,27,30);1H/b21-14-;. The molecule has 1 fully saturated rings. The van der Waals surface area contributed by atoms with Gasteiger partial charge in [0.25, 0.3) is 11.8 Å². The summed E-state index contributed by atoms with van der Waals surface area (Å²) in [7, 11) is 0. The first-order valence-electron chi connectivity index (χ1n) is 10.7. The molecule has 6 nitrogen and oxygen atoms in total. The molecule has 4 rings (SSSR count). The van der Waals surface area contributed by atoms with Crippen molar-refractivity contribution in [2.45, 2.75) is 51.6 Å². The Kier molecular flexibility index (Phi) is 7.12. The maximum Gasteiger partial charge on any atom is 0.259 e. The van der Waals surface area contributed by atoms with Crippen LogP contribution in [-0.4, -0.2) is 35.4 Å². The van der Waals surface area contributed by atoms with Gasteiger partial charge in [-0.05, 0) is 69.4 Å². The fraction of sp³-hybridized carbons (Fsp3) is 0.360. The van der Waals surface area contributed by atoms with E-state index < -0.39 is 0 Å². The van der Waals surface area contributed by atoms with E-state index in [1.807, 2.05) is 30.9 Å². The first kappa shape index (κ1) is 23.6. The average molecular weight is 453 g/mol. The smallest absolute Gasteiger partial charge is 0.259 e. The number of aromatic nitrogens is 1. The van der Waals surface area contributed by atoms with E-state index in [2.05, 4.69) is 22.3 Å². The number of terminal acetylenes is 1. The maximum absolute atomic E-state index is 13.6. The molecule has 2 heterocycles. The Labute approximate surface area is 195 Å². The third-order valence-corrected chi connectivity index (χ3v) is 6.19. The van der Waals surface area contributed by atoms with Crippen LogP contribution in [0, 0.1) is 26.2 Å². The number of H-pyrrole nitrogens is 1. The lowest BCUT2D eigenvalue weighted by molar-refractivity contribution is -0.113. The zero-order valence-corrected chi connectivity index (χ0v) is 19.2. The van der Waals surface area contributed by atoms with Gasteiger partial charge in [0.2, 0.25) is 0 Å². The Balaban J connectivity index is 0.00000289. The summed E-state index contributed by atoms with van der Waals surface area (Å²) in [6.07, 6.45) is 10.7. The Morgan fingerprint density at radius 3 is 2.62 bits per heavy atom. The molecule has 0 spiro atoms. The molecule has 1 aromatic carbocycles. The number of aryl methyl sites for hydroxylation is 2. The summed E-state index contributed by atoms with van der Waals surface area (Å²) in [5.74, 6) is 2.14. The molecule has 1 saturated carbocycles. The molecule has 0 bridgehead atoms. The number of amides is 2. The molecular formula is C25H29ClN4O2. The number of hydrogen-bond donors (Lipinski definition) is 3. The van der Waals surface area contributed by atoms with Crippen LogP contribution in [0.2, 0.25) is 0 Å². The number of nitrogens with two attached hydrogens (primary N) is 1. The summed E-state index contributed by atoms with van der Waals surface area (Å²) in [5.41, 5.74) is 11.9. The number of halogens is 1. The van der Waals surface area contributed by atoms with Gasteiger partial charge < -0.3 is 20.9 Å². The monoisotopic (exact) mass is 452 g/mol. The first-order chi connectivity index (χ1) is 14.9. The minimum absolute atomic E-state index is 0. The molecule has 0 atom stereocenters. The average Bonchev–Trinajstić information content (AvgIpc) is 3.22. The Hall–Kier alpha value is -3.01. The van der Waals surface area contributed by atoms with E-state index in [-0.39, 0.29) is 42.8 Å². The second kappa shape index (κ2) is 9.64. The maximum atomic E-state index is 13.6. The normalized spacial score (nSPS) is 21.1. The highest BCUT2D eigenvalue weighted by Crippen LogP contribution is 2.42. The number of nitrogens with zero attached hydrogens (tertiary/aromatic N) is 1. The van der Waals surface area contributed by atoms with E-state index >= 15 is 0 Å². The number of aromatic amines is 1. The topological polar surface area (TPSA) is 91.2 Å². The van der Waals surface area contributed by atoms with Crippen LogP contribution in [0.4, 0.5) is 5.69 Å². The number of fused-ring (bicyclic) bond motifs is 1. The molecular weight excluding hydrogens is 424 g/mol. The summed E-state index contributed by atoms with van der Waals surface area (Å²) in [4.78, 5) is 31.3. The number of hydrogen-bond acceptors (Lipinski definition) is 3. The summed E-state index contributed by atoms with van der Waals surface area (Å²) in [5, 5.41) is 2.70. The number of nitrogens with one attached hydrogen (secondary N) is 2. The minimum atomic E-state index is -0.243. The van der Waals surface area contributed by atoms with Crippen molar-refractivity contribution in [3.05, 3.63) is 52.3 Å². The lowest BCUT2D eigenvalue weighted by atomic mass is 9.90. The molecule has 1 aliphatic heterocycles. The van der Waals surface area contributed by atoms with Gasteiger partial charge >= 0.3 is 0 Å². The molecule has 7 heteroatoms. The third kappa shape index (κ3) is 4.45. The predicted octanol–water partition coefficient (Wildman–Crippen LogP) is 3.57. The summed E-state index contributed by atoms with van der Waals surface area (Å²) < 4.78 is 0. The number of anilines is 1. The van der Waals surface area contributed by atoms with Crippen molar-refractivity contribution in [1.29, 1.82) is 0 Å². The fourth-order valence-electron chi connectivity index (χ4n) is 4.59. The van der Waals surface area contributed by atoms with E-state index in [1.165, 1.54) is 0 Å². The van der Waals surface area contributed by atoms with Gasteiger partial charge in [-0.1, -0.05) is 12.0 Å². The van der Waals surface area contributed by atoms with E-state index in [9.17, 15) is 9.59 Å². The molecule has 32 heavy (non-hydrogen) atoms. The SMILES string of the molecule is C#CCNC(=O)c1ccc2c(c1)N(C1CCC(N)CC1)C(=O)/C2=C\c1[nH]c(C)cc1C.Cl. The minimum Gasteiger partial charge on any atom is -0.359 e. The zero-order valence-electron chi connectivity index (χ0n) is 18.4. The van der Waals surface area contributed by atoms with Crippen molar-refractivity contribution in [2.75, 3.05) is 11.4 Å². The van der Waals surface area contributed by atoms with E-state index in [1.54, 1.807) is 12.1 Å². The van der Waals surface area contributed by atoms with Crippen molar-refractivity contribution >= 4 is 41.6 Å². The zero-order chi connectivity index (χ0) is 22.1. The Morgan fingerprint density at radius 1 is 1.28 bits per heavy atom. The molecule has 2 amide bonds. The largest absolute Gasteiger partial charge is 0.359 e. The molecule has 2 aliphatic rings. The molecule has 0 saturated heterocycles. The van der Waals surface area contributed by atoms with Crippen LogP contribution >= 0.6 is 12.4 Å². The second-order valence-corrected chi connectivity index (χ2v) is 8.47. The van der Waals surface area contributed by atoms with Gasteiger partial charge in [-0.2, -0.15) is 0 Å². The van der Waals surface area contributed by atoms with Gasteiger partial charge in [-0.25, -0.2) is 0 Å². The van der Waals surface area contributed by atoms with Crippen LogP contribution in [-0.2, 0) is 4.79 Å². The molecule has 0 radical (unpaired) electrons. The fourth-order valence-corrected chi connectivity index (χ4v) is 4.59. The quantitative estimate of drug-likeness (QED) is 0.489. The molecule has 2 aromatic rings. The van der Waals surface area contributed by atoms with Crippen LogP contribution in [0.15, 0.2) is 24.3 Å². The Morgan fingerprint density at radius 2 is 2.00 bits per heavy atom. The first-order valence-corrected chi connectivity index (χ1v) is 10.7. The van der Waals surface area contributed by atoms with Crippen molar-refractivity contribution in [2.24, 2.45) is 5.73 Å². The van der Waals surface area contributed by atoms with Crippen molar-refractivity contribution in [3.8, 4) is 12.3 Å².